The summed E-state index contributed by atoms with van der Waals surface area (Å²) < 4.78 is 0. The van der Waals surface area contributed by atoms with Crippen molar-refractivity contribution < 1.29 is 29.4 Å². The van der Waals surface area contributed by atoms with E-state index in [2.05, 4.69) is 20.0 Å². The van der Waals surface area contributed by atoms with Crippen LogP contribution in [0.3, 0.4) is 0 Å². The minimum absolute atomic E-state index is 0.131. The largest absolute Gasteiger partial charge is 0.481 e. The van der Waals surface area contributed by atoms with Gasteiger partial charge in [0.1, 0.15) is 11.4 Å². The van der Waals surface area contributed by atoms with Gasteiger partial charge in [0.15, 0.2) is 23.0 Å². The molecule has 0 aromatic carbocycles. The van der Waals surface area contributed by atoms with E-state index in [-0.39, 0.29) is 34.0 Å². The number of carbonyl (C=O) groups is 4. The quantitative estimate of drug-likeness (QED) is 0.423. The lowest BCUT2D eigenvalue weighted by molar-refractivity contribution is -0.140. The highest BCUT2D eigenvalue weighted by molar-refractivity contribution is 6.55. The van der Waals surface area contributed by atoms with Crippen LogP contribution in [0, 0.1) is 11.8 Å². The number of carboxylic acid groups (broad SMARTS) is 2. The molecule has 0 aliphatic carbocycles. The standard InChI is InChI=1S/C18H16N6O6/c1-5(17(27)28)7-3-21-9(7)13(25)11-15(19)24-12(16(20)23-11)14(26)10-8(4-22-10)6(2)18(29)30/h3-6H,1-2H3,(H2,20,23)(H2,19,24)(H,27,28)(H,29,30)/t5-,6-/m0/s1. The van der Waals surface area contributed by atoms with E-state index in [1.165, 1.54) is 26.2 Å². The van der Waals surface area contributed by atoms with Gasteiger partial charge in [-0.2, -0.15) is 0 Å². The second-order valence-corrected chi connectivity index (χ2v) is 6.59. The first-order chi connectivity index (χ1) is 14.0. The smallest absolute Gasteiger partial charge is 0.310 e. The number of aliphatic imine (C=N–C) groups is 2. The van der Waals surface area contributed by atoms with E-state index in [0.29, 0.717) is 0 Å². The molecule has 154 valence electrons. The van der Waals surface area contributed by atoms with E-state index in [1.54, 1.807) is 0 Å². The molecule has 12 nitrogen and oxygen atoms in total. The van der Waals surface area contributed by atoms with Gasteiger partial charge in [-0.15, -0.1) is 0 Å². The Bertz CT molecular complexity index is 1060. The SMILES string of the molecule is C[C@H](C(=O)O)C1=CN=C1C(=O)c1nc(N)c(C(=O)C2=NC=C2[C@H](C)C(=O)O)nc1N. The molecule has 12 heteroatoms. The van der Waals surface area contributed by atoms with Crippen molar-refractivity contribution in [2.45, 2.75) is 13.8 Å². The predicted octanol–water partition coefficient (Wildman–Crippen LogP) is 0.125. The fourth-order valence-corrected chi connectivity index (χ4v) is 2.71. The third-order valence-corrected chi connectivity index (χ3v) is 4.70. The number of nitrogens with zero attached hydrogens (tertiary/aromatic N) is 4. The molecular formula is C18H16N6O6. The number of rotatable bonds is 8. The molecule has 6 N–H and O–H groups in total. The molecule has 0 bridgehead atoms. The molecule has 1 aromatic heterocycles. The second-order valence-electron chi connectivity index (χ2n) is 6.59. The highest BCUT2D eigenvalue weighted by atomic mass is 16.4. The van der Waals surface area contributed by atoms with Crippen molar-refractivity contribution >= 4 is 46.6 Å². The lowest BCUT2D eigenvalue weighted by atomic mass is 9.90. The van der Waals surface area contributed by atoms with E-state index in [9.17, 15) is 19.2 Å². The lowest BCUT2D eigenvalue weighted by Gasteiger charge is -2.20. The van der Waals surface area contributed by atoms with Gasteiger partial charge in [0.2, 0.25) is 11.6 Å². The van der Waals surface area contributed by atoms with Crippen molar-refractivity contribution in [3.63, 3.8) is 0 Å². The van der Waals surface area contributed by atoms with E-state index in [4.69, 9.17) is 21.7 Å². The molecule has 2 aliphatic heterocycles. The van der Waals surface area contributed by atoms with Crippen LogP contribution in [0.15, 0.2) is 33.5 Å². The topological polar surface area (TPSA) is 211 Å². The predicted molar refractivity (Wildman–Crippen MR) is 104 cm³/mol. The van der Waals surface area contributed by atoms with Gasteiger partial charge < -0.3 is 21.7 Å². The lowest BCUT2D eigenvalue weighted by Crippen LogP contribution is -2.32. The Morgan fingerprint density at radius 3 is 1.33 bits per heavy atom. The first-order valence-electron chi connectivity index (χ1n) is 8.59. The molecule has 2 aliphatic rings. The van der Waals surface area contributed by atoms with Crippen molar-refractivity contribution in [3.05, 3.63) is 34.9 Å². The number of aliphatic carboxylic acids is 2. The van der Waals surface area contributed by atoms with Crippen LogP contribution < -0.4 is 11.5 Å². The average molecular weight is 412 g/mol. The first-order valence-corrected chi connectivity index (χ1v) is 8.59. The molecule has 0 radical (unpaired) electrons. The van der Waals surface area contributed by atoms with Gasteiger partial charge in [-0.3, -0.25) is 29.2 Å². The molecule has 0 saturated carbocycles. The number of carbonyl (C=O) groups excluding carboxylic acids is 2. The Morgan fingerprint density at radius 1 is 0.767 bits per heavy atom. The van der Waals surface area contributed by atoms with E-state index < -0.39 is 47.0 Å². The van der Waals surface area contributed by atoms with Crippen molar-refractivity contribution in [2.75, 3.05) is 11.5 Å². The maximum absolute atomic E-state index is 12.7. The van der Waals surface area contributed by atoms with Gasteiger partial charge in [-0.25, -0.2) is 9.97 Å². The maximum atomic E-state index is 12.7. The maximum Gasteiger partial charge on any atom is 0.310 e. The average Bonchev–Trinajstić information content (AvgIpc) is 2.60. The Balaban J connectivity index is 1.85. The van der Waals surface area contributed by atoms with E-state index in [0.717, 1.165) is 0 Å². The number of hydrogen-bond acceptors (Lipinski definition) is 10. The summed E-state index contributed by atoms with van der Waals surface area (Å²) in [6.07, 6.45) is 2.51. The molecule has 0 fully saturated rings. The van der Waals surface area contributed by atoms with Gasteiger partial charge in [-0.05, 0) is 13.8 Å². The normalized spacial score (nSPS) is 16.6. The highest BCUT2D eigenvalue weighted by Crippen LogP contribution is 2.27. The van der Waals surface area contributed by atoms with Crippen LogP contribution in [-0.4, -0.2) is 55.1 Å². The third-order valence-electron chi connectivity index (χ3n) is 4.70. The van der Waals surface area contributed by atoms with Crippen molar-refractivity contribution in [1.29, 1.82) is 0 Å². The third kappa shape index (κ3) is 3.23. The molecule has 0 amide bonds. The van der Waals surface area contributed by atoms with Crippen LogP contribution >= 0.6 is 0 Å². The van der Waals surface area contributed by atoms with Gasteiger partial charge >= 0.3 is 11.9 Å². The summed E-state index contributed by atoms with van der Waals surface area (Å²) in [7, 11) is 0. The number of Topliss-reactive ketones (excluding diaryl/α,β-unsaturated/α-hetero) is 2. The summed E-state index contributed by atoms with van der Waals surface area (Å²) in [5.41, 5.74) is 11.0. The van der Waals surface area contributed by atoms with Gasteiger partial charge in [0.25, 0.3) is 0 Å². The van der Waals surface area contributed by atoms with Crippen LogP contribution in [0.1, 0.15) is 34.8 Å². The number of hydrogen-bond donors (Lipinski definition) is 4. The fraction of sp³-hybridized carbons (Fsp3) is 0.222. The Morgan fingerprint density at radius 2 is 1.10 bits per heavy atom. The number of nitrogen functional groups attached to an aromatic ring is 2. The summed E-state index contributed by atoms with van der Waals surface area (Å²) in [6.45, 7) is 2.79. The minimum Gasteiger partial charge on any atom is -0.481 e. The summed E-state index contributed by atoms with van der Waals surface area (Å²) >= 11 is 0. The molecule has 0 unspecified atom stereocenters. The number of nitrogens with two attached hydrogens (primary N) is 2. The molecule has 3 heterocycles. The zero-order valence-electron chi connectivity index (χ0n) is 15.8. The van der Waals surface area contributed by atoms with Crippen LogP contribution in [0.5, 0.6) is 0 Å². The van der Waals surface area contributed by atoms with Gasteiger partial charge in [0.05, 0.1) is 11.8 Å². The van der Waals surface area contributed by atoms with E-state index in [1.807, 2.05) is 0 Å². The minimum atomic E-state index is -1.14. The molecule has 0 saturated heterocycles. The molecular weight excluding hydrogens is 396 g/mol. The van der Waals surface area contributed by atoms with Crippen LogP contribution in [0.2, 0.25) is 0 Å². The van der Waals surface area contributed by atoms with Crippen molar-refractivity contribution in [3.8, 4) is 0 Å². The molecule has 3 rings (SSSR count). The monoisotopic (exact) mass is 412 g/mol. The number of anilines is 2. The summed E-state index contributed by atoms with van der Waals surface area (Å²) in [5, 5.41) is 18.2. The van der Waals surface area contributed by atoms with Gasteiger partial charge in [0, 0.05) is 23.5 Å². The van der Waals surface area contributed by atoms with Crippen LogP contribution in [0.4, 0.5) is 11.6 Å². The molecule has 1 aromatic rings. The fourth-order valence-electron chi connectivity index (χ4n) is 2.71. The molecule has 0 spiro atoms. The Labute approximate surface area is 168 Å². The number of ketones is 2. The zero-order chi connectivity index (χ0) is 22.3. The summed E-state index contributed by atoms with van der Waals surface area (Å²) in [6, 6.07) is 0. The second kappa shape index (κ2) is 7.31. The highest BCUT2D eigenvalue weighted by Gasteiger charge is 2.35. The molecule has 30 heavy (non-hydrogen) atoms. The zero-order valence-corrected chi connectivity index (χ0v) is 15.8. The Hall–Kier alpha value is -4.22. The number of aromatic nitrogens is 2. The summed E-state index contributed by atoms with van der Waals surface area (Å²) in [5.74, 6) is -6.59. The van der Waals surface area contributed by atoms with Crippen molar-refractivity contribution in [1.82, 2.24) is 9.97 Å². The molecule has 2 atom stereocenters. The first kappa shape index (κ1) is 20.5. The van der Waals surface area contributed by atoms with Gasteiger partial charge in [-0.1, -0.05) is 0 Å². The summed E-state index contributed by atoms with van der Waals surface area (Å²) in [4.78, 5) is 62.8. The Kier molecular flexibility index (Phi) is 5.00. The van der Waals surface area contributed by atoms with E-state index >= 15 is 0 Å². The van der Waals surface area contributed by atoms with Crippen LogP contribution in [-0.2, 0) is 9.59 Å². The van der Waals surface area contributed by atoms with Crippen molar-refractivity contribution in [2.24, 2.45) is 21.8 Å². The number of carboxylic acids is 2. The van der Waals surface area contributed by atoms with Crippen LogP contribution in [0.25, 0.3) is 0 Å².